The van der Waals surface area contributed by atoms with Crippen molar-refractivity contribution in [3.63, 3.8) is 0 Å². The lowest BCUT2D eigenvalue weighted by Gasteiger charge is -2.15. The Hall–Kier alpha value is -1.56. The minimum atomic E-state index is -0.291. The normalized spacial score (nSPS) is 9.94. The van der Waals surface area contributed by atoms with Crippen molar-refractivity contribution in [2.75, 3.05) is 27.3 Å². The Morgan fingerprint density at radius 2 is 2.17 bits per heavy atom. The molecular weight excluding hydrogens is 254 g/mol. The maximum absolute atomic E-state index is 12.0. The molecule has 1 amide bonds. The second-order valence-corrected chi connectivity index (χ2v) is 4.54. The summed E-state index contributed by atoms with van der Waals surface area (Å²) in [5.41, 5.74) is 0. The predicted octanol–water partition coefficient (Wildman–Crippen LogP) is 1.78. The Balaban J connectivity index is 2.48. The zero-order valence-electron chi connectivity index (χ0n) is 10.8. The highest BCUT2D eigenvalue weighted by Gasteiger charge is 2.15. The van der Waals surface area contributed by atoms with E-state index in [9.17, 15) is 9.59 Å². The number of esters is 1. The number of carbonyl (C=O) groups excluding carboxylic acids is 2. The number of carbonyl (C=O) groups is 2. The van der Waals surface area contributed by atoms with Crippen molar-refractivity contribution < 1.29 is 19.1 Å². The third kappa shape index (κ3) is 4.03. The summed E-state index contributed by atoms with van der Waals surface area (Å²) in [5, 5.41) is 1.77. The van der Waals surface area contributed by atoms with Gasteiger partial charge in [0.15, 0.2) is 0 Å². The van der Waals surface area contributed by atoms with Gasteiger partial charge in [0.1, 0.15) is 5.75 Å². The summed E-state index contributed by atoms with van der Waals surface area (Å²) in [4.78, 5) is 25.3. The molecule has 6 heteroatoms. The molecule has 0 aliphatic rings. The lowest BCUT2D eigenvalue weighted by atomic mass is 10.3. The smallest absolute Gasteiger partial charge is 0.307 e. The molecule has 0 bridgehead atoms. The SMILES string of the molecule is CCOC(=O)CCN(C)C(=O)c1cc(OC)cs1. The summed E-state index contributed by atoms with van der Waals surface area (Å²) in [5.74, 6) is 0.260. The van der Waals surface area contributed by atoms with Gasteiger partial charge in [-0.1, -0.05) is 0 Å². The van der Waals surface area contributed by atoms with Crippen LogP contribution in [-0.4, -0.2) is 44.1 Å². The molecular formula is C12H17NO4S. The minimum Gasteiger partial charge on any atom is -0.496 e. The summed E-state index contributed by atoms with van der Waals surface area (Å²) in [6, 6.07) is 1.69. The monoisotopic (exact) mass is 271 g/mol. The number of methoxy groups -OCH3 is 1. The molecule has 0 radical (unpaired) electrons. The molecule has 1 aromatic heterocycles. The van der Waals surface area contributed by atoms with Crippen LogP contribution in [0, 0.1) is 0 Å². The van der Waals surface area contributed by atoms with E-state index in [1.54, 1.807) is 32.5 Å². The number of rotatable bonds is 6. The fourth-order valence-electron chi connectivity index (χ4n) is 1.32. The van der Waals surface area contributed by atoms with Crippen LogP contribution >= 0.6 is 11.3 Å². The summed E-state index contributed by atoms with van der Waals surface area (Å²) >= 11 is 1.32. The molecule has 100 valence electrons. The molecule has 0 aliphatic heterocycles. The van der Waals surface area contributed by atoms with E-state index < -0.39 is 0 Å². The summed E-state index contributed by atoms with van der Waals surface area (Å²) in [6.45, 7) is 2.46. The van der Waals surface area contributed by atoms with Crippen molar-refractivity contribution in [1.29, 1.82) is 0 Å². The maximum atomic E-state index is 12.0. The first-order valence-electron chi connectivity index (χ1n) is 5.62. The molecule has 0 aliphatic carbocycles. The lowest BCUT2D eigenvalue weighted by molar-refractivity contribution is -0.143. The summed E-state index contributed by atoms with van der Waals surface area (Å²) < 4.78 is 9.83. The molecule has 0 unspecified atom stereocenters. The van der Waals surface area contributed by atoms with E-state index in [-0.39, 0.29) is 18.3 Å². The van der Waals surface area contributed by atoms with Crippen LogP contribution in [0.5, 0.6) is 5.75 Å². The van der Waals surface area contributed by atoms with Crippen molar-refractivity contribution in [2.45, 2.75) is 13.3 Å². The van der Waals surface area contributed by atoms with Crippen molar-refractivity contribution >= 4 is 23.2 Å². The number of ether oxygens (including phenoxy) is 2. The number of nitrogens with zero attached hydrogens (tertiary/aromatic N) is 1. The van der Waals surface area contributed by atoms with Gasteiger partial charge in [0.2, 0.25) is 0 Å². The van der Waals surface area contributed by atoms with Crippen molar-refractivity contribution in [1.82, 2.24) is 4.90 Å². The van der Waals surface area contributed by atoms with Gasteiger partial charge in [0.05, 0.1) is 25.0 Å². The van der Waals surface area contributed by atoms with Gasteiger partial charge in [0.25, 0.3) is 5.91 Å². The highest BCUT2D eigenvalue weighted by atomic mass is 32.1. The molecule has 1 rings (SSSR count). The second kappa shape index (κ2) is 7.00. The second-order valence-electron chi connectivity index (χ2n) is 3.63. The van der Waals surface area contributed by atoms with E-state index in [0.717, 1.165) is 0 Å². The largest absolute Gasteiger partial charge is 0.496 e. The summed E-state index contributed by atoms with van der Waals surface area (Å²) in [6.07, 6.45) is 0.207. The van der Waals surface area contributed by atoms with Crippen molar-refractivity contribution in [3.05, 3.63) is 16.3 Å². The Morgan fingerprint density at radius 3 is 2.72 bits per heavy atom. The van der Waals surface area contributed by atoms with Crippen LogP contribution in [0.25, 0.3) is 0 Å². The van der Waals surface area contributed by atoms with Crippen LogP contribution in [0.4, 0.5) is 0 Å². The predicted molar refractivity (Wildman–Crippen MR) is 69.1 cm³/mol. The van der Waals surface area contributed by atoms with Gasteiger partial charge in [-0.3, -0.25) is 9.59 Å². The van der Waals surface area contributed by atoms with Crippen LogP contribution in [0.2, 0.25) is 0 Å². The average Bonchev–Trinajstić information content (AvgIpc) is 2.84. The third-order valence-electron chi connectivity index (χ3n) is 2.33. The van der Waals surface area contributed by atoms with Gasteiger partial charge >= 0.3 is 5.97 Å². The first-order chi connectivity index (χ1) is 8.58. The molecule has 0 atom stereocenters. The van der Waals surface area contributed by atoms with Crippen LogP contribution < -0.4 is 4.74 Å². The molecule has 1 aromatic rings. The van der Waals surface area contributed by atoms with E-state index in [1.165, 1.54) is 16.2 Å². The Labute approximate surface area is 110 Å². The lowest BCUT2D eigenvalue weighted by Crippen LogP contribution is -2.28. The highest BCUT2D eigenvalue weighted by molar-refractivity contribution is 7.12. The van der Waals surface area contributed by atoms with Crippen LogP contribution in [-0.2, 0) is 9.53 Å². The van der Waals surface area contributed by atoms with E-state index >= 15 is 0 Å². The van der Waals surface area contributed by atoms with Crippen molar-refractivity contribution in [2.24, 2.45) is 0 Å². The number of hydrogen-bond donors (Lipinski definition) is 0. The zero-order chi connectivity index (χ0) is 13.5. The fourth-order valence-corrected chi connectivity index (χ4v) is 2.17. The summed E-state index contributed by atoms with van der Waals surface area (Å²) in [7, 11) is 3.22. The topological polar surface area (TPSA) is 55.8 Å². The van der Waals surface area contributed by atoms with Gasteiger partial charge in [0, 0.05) is 25.0 Å². The quantitative estimate of drug-likeness (QED) is 0.740. The maximum Gasteiger partial charge on any atom is 0.307 e. The standard InChI is InChI=1S/C12H17NO4S/c1-4-17-11(14)5-6-13(2)12(15)10-7-9(16-3)8-18-10/h7-8H,4-6H2,1-3H3. The van der Waals surface area contributed by atoms with Gasteiger partial charge in [-0.15, -0.1) is 11.3 Å². The Kier molecular flexibility index (Phi) is 5.64. The molecule has 0 spiro atoms. The minimum absolute atomic E-state index is 0.118. The van der Waals surface area contributed by atoms with E-state index in [1.807, 2.05) is 0 Å². The molecule has 18 heavy (non-hydrogen) atoms. The Morgan fingerprint density at radius 1 is 1.44 bits per heavy atom. The molecule has 0 saturated heterocycles. The average molecular weight is 271 g/mol. The molecule has 0 N–H and O–H groups in total. The molecule has 0 fully saturated rings. The van der Waals surface area contributed by atoms with E-state index in [4.69, 9.17) is 9.47 Å². The number of thiophene rings is 1. The van der Waals surface area contributed by atoms with Crippen LogP contribution in [0.1, 0.15) is 23.0 Å². The first kappa shape index (κ1) is 14.5. The van der Waals surface area contributed by atoms with Gasteiger partial charge in [-0.05, 0) is 6.92 Å². The third-order valence-corrected chi connectivity index (χ3v) is 3.22. The zero-order valence-corrected chi connectivity index (χ0v) is 11.6. The molecule has 5 nitrogen and oxygen atoms in total. The van der Waals surface area contributed by atoms with Crippen LogP contribution in [0.15, 0.2) is 11.4 Å². The number of hydrogen-bond acceptors (Lipinski definition) is 5. The highest BCUT2D eigenvalue weighted by Crippen LogP contribution is 2.22. The van der Waals surface area contributed by atoms with Gasteiger partial charge in [-0.2, -0.15) is 0 Å². The van der Waals surface area contributed by atoms with Crippen molar-refractivity contribution in [3.8, 4) is 5.75 Å². The molecule has 0 aromatic carbocycles. The van der Waals surface area contributed by atoms with E-state index in [0.29, 0.717) is 23.8 Å². The number of amides is 1. The fraction of sp³-hybridized carbons (Fsp3) is 0.500. The van der Waals surface area contributed by atoms with Crippen LogP contribution in [0.3, 0.4) is 0 Å². The Bertz CT molecular complexity index is 416. The molecule has 0 saturated carbocycles. The van der Waals surface area contributed by atoms with Gasteiger partial charge in [-0.25, -0.2) is 0 Å². The van der Waals surface area contributed by atoms with E-state index in [2.05, 4.69) is 0 Å². The first-order valence-corrected chi connectivity index (χ1v) is 6.50. The van der Waals surface area contributed by atoms with Gasteiger partial charge < -0.3 is 14.4 Å². The molecule has 1 heterocycles.